The molecule has 4 aromatic rings. The topological polar surface area (TPSA) is 153 Å². The smallest absolute Gasteiger partial charge is 1.00 e. The summed E-state index contributed by atoms with van der Waals surface area (Å²) in [6, 6.07) is 9.19. The zero-order chi connectivity index (χ0) is 50.5. The molecule has 2 aromatic heterocycles. The van der Waals surface area contributed by atoms with E-state index in [1.807, 2.05) is 0 Å². The second kappa shape index (κ2) is 32.1. The Kier molecular flexibility index (Phi) is 30.5. The first-order valence-electron chi connectivity index (χ1n) is 20.3. The van der Waals surface area contributed by atoms with Gasteiger partial charge in [0.2, 0.25) is 11.8 Å². The third-order valence-corrected chi connectivity index (χ3v) is 10.9. The van der Waals surface area contributed by atoms with Gasteiger partial charge in [-0.3, -0.25) is 38.2 Å². The maximum absolute atomic E-state index is 14.3. The predicted molar refractivity (Wildman–Crippen MR) is 243 cm³/mol. The molecule has 0 unspecified atom stereocenters. The van der Waals surface area contributed by atoms with Crippen LogP contribution >= 0.6 is 61.8 Å². The number of carbonyl (C=O) groups excluding carboxylic acids is 5. The number of anilines is 1. The fourth-order valence-electron chi connectivity index (χ4n) is 6.95. The quantitative estimate of drug-likeness (QED) is 0.0491. The molecule has 2 aliphatic carbocycles. The Balaban J connectivity index is 0. The van der Waals surface area contributed by atoms with Crippen LogP contribution in [0.4, 0.5) is 45.3 Å². The second-order valence-electron chi connectivity index (χ2n) is 14.9. The van der Waals surface area contributed by atoms with Gasteiger partial charge in [0.1, 0.15) is 24.3 Å². The number of benzene rings is 2. The standard InChI is InChI=1S/C21H18Cl2F4N2O2.C20H16ClF4N3O2.CH3F.CH2O3.2K.2H2S.H/c22-9-19(31)29(11-12-1-5-14(6-2-12)21(25,26)27)20(13-3-4-13)18(30)8-17-16(24)7-15(23)10-28-17;21-14-7-15(22)18(26-8-14)28-10-16(29)27(17(19(28)30)12-3-4-12)9-11-1-5-13(6-2-11)20(23,24)25;1-2;2-1-4-3;;;;;/h1-2,5-7,10,13,20H,3-4,8-9,11H2;1-2,5-8,12,17H,3-4,9-10H2;1H3;1,3H;;;2*1H2;/q;;;;2*+1;;;-1/p-1/t20-;17-;;;;;;;/m00......./s1/i;;1D;;;;;;. The Morgan fingerprint density at radius 1 is 0.887 bits per heavy atom. The van der Waals surface area contributed by atoms with Crippen molar-refractivity contribution < 1.29 is 179 Å². The number of nitrogens with zero attached hydrogens (tertiary/aromatic N) is 5. The summed E-state index contributed by atoms with van der Waals surface area (Å²) < 4.78 is 121. The number of aromatic nitrogens is 2. The summed E-state index contributed by atoms with van der Waals surface area (Å²) in [6.07, 6.45) is -3.99. The summed E-state index contributed by atoms with van der Waals surface area (Å²) >= 11 is 17.1. The van der Waals surface area contributed by atoms with Crippen molar-refractivity contribution in [3.8, 4) is 0 Å². The van der Waals surface area contributed by atoms with E-state index in [1.54, 1.807) is 0 Å². The maximum Gasteiger partial charge on any atom is 1.00 e. The normalized spacial score (nSPS) is 15.6. The Labute approximate surface area is 518 Å². The zero-order valence-corrected chi connectivity index (χ0v) is 48.0. The van der Waals surface area contributed by atoms with E-state index >= 15 is 0 Å². The summed E-state index contributed by atoms with van der Waals surface area (Å²) in [5.41, 5.74) is -0.806. The van der Waals surface area contributed by atoms with E-state index in [-0.39, 0.29) is 191 Å². The largest absolute Gasteiger partial charge is 1.00 e. The SMILES string of the molecule is O=C(Cc1ncc(Cl)cc1F)[C@H](C1CC1)N(Cc1ccc(C(F)(F)F)cc1)C(=O)CCl.O=C1[C@H](C2CC2)N(Cc2ccc(C(F)(F)F)cc2)C(=O)CN1c1ncc(Cl)cc1F.O=CO[O-].S.S.[2H]CF.[H-].[K+].[K+]. The first-order chi connectivity index (χ1) is 32.1. The van der Waals surface area contributed by atoms with Crippen LogP contribution in [0.25, 0.3) is 0 Å². The van der Waals surface area contributed by atoms with Crippen molar-refractivity contribution in [2.75, 3.05) is 24.5 Å². The molecule has 12 nitrogen and oxygen atoms in total. The Morgan fingerprint density at radius 2 is 1.37 bits per heavy atom. The minimum absolute atomic E-state index is 0. The van der Waals surface area contributed by atoms with Gasteiger partial charge in [0.25, 0.3) is 12.4 Å². The van der Waals surface area contributed by atoms with Gasteiger partial charge in [-0.2, -0.15) is 53.3 Å². The molecule has 71 heavy (non-hydrogen) atoms. The number of hydrogen-bond acceptors (Lipinski definition) is 9. The Bertz CT molecular complexity index is 2410. The van der Waals surface area contributed by atoms with Crippen LogP contribution in [0.5, 0.6) is 0 Å². The molecule has 1 aliphatic heterocycles. The molecule has 2 saturated carbocycles. The van der Waals surface area contributed by atoms with Crippen molar-refractivity contribution in [1.29, 1.82) is 0 Å². The molecular formula is C43H43Cl3F9K2N5O7S2. The fraction of sp³-hybridized carbons (Fsp3) is 0.372. The number of piperazine rings is 1. The molecule has 3 aliphatic rings. The summed E-state index contributed by atoms with van der Waals surface area (Å²) in [5, 5.41) is 8.59. The summed E-state index contributed by atoms with van der Waals surface area (Å²) in [4.78, 5) is 74.2. The van der Waals surface area contributed by atoms with Crippen LogP contribution in [0, 0.1) is 23.5 Å². The van der Waals surface area contributed by atoms with Crippen molar-refractivity contribution in [1.82, 2.24) is 19.8 Å². The molecule has 0 N–H and O–H groups in total. The third kappa shape index (κ3) is 20.5. The van der Waals surface area contributed by atoms with Crippen LogP contribution in [0.1, 0.15) is 56.4 Å². The number of alkyl halides is 8. The monoisotopic (exact) mass is 1160 g/mol. The molecule has 2 atom stereocenters. The van der Waals surface area contributed by atoms with Crippen LogP contribution in [0.2, 0.25) is 10.0 Å². The molecule has 380 valence electrons. The van der Waals surface area contributed by atoms with Gasteiger partial charge in [-0.25, -0.2) is 13.8 Å². The first kappa shape index (κ1) is 67.5. The van der Waals surface area contributed by atoms with Gasteiger partial charge in [-0.05, 0) is 85.0 Å². The minimum atomic E-state index is -4.48. The summed E-state index contributed by atoms with van der Waals surface area (Å²) in [7, 11) is -1.00. The second-order valence-corrected chi connectivity index (χ2v) is 16.1. The number of rotatable bonds is 13. The molecule has 0 spiro atoms. The summed E-state index contributed by atoms with van der Waals surface area (Å²) in [6.45, 7) is -0.685. The van der Waals surface area contributed by atoms with Crippen molar-refractivity contribution >= 4 is 97.6 Å². The minimum Gasteiger partial charge on any atom is -1.00 e. The first-order valence-corrected chi connectivity index (χ1v) is 20.9. The third-order valence-electron chi connectivity index (χ3n) is 10.3. The van der Waals surface area contributed by atoms with E-state index in [2.05, 4.69) is 14.9 Å². The van der Waals surface area contributed by atoms with E-state index in [0.717, 1.165) is 54.1 Å². The van der Waals surface area contributed by atoms with Gasteiger partial charge in [-0.15, -0.1) is 11.6 Å². The van der Waals surface area contributed by atoms with Crippen LogP contribution in [-0.2, 0) is 60.7 Å². The van der Waals surface area contributed by atoms with Gasteiger partial charge in [0, 0.05) is 25.5 Å². The van der Waals surface area contributed by atoms with Crippen molar-refractivity contribution in [2.45, 2.75) is 69.6 Å². The number of hydrogen-bond donors (Lipinski definition) is 0. The number of amides is 3. The number of pyridine rings is 2. The molecule has 1 saturated heterocycles. The summed E-state index contributed by atoms with van der Waals surface area (Å²) in [5.74, 6) is -4.23. The van der Waals surface area contributed by atoms with E-state index in [9.17, 15) is 58.7 Å². The molecule has 3 heterocycles. The molecule has 3 fully saturated rings. The molecule has 2 aromatic carbocycles. The van der Waals surface area contributed by atoms with Crippen LogP contribution in [0.3, 0.4) is 0 Å². The zero-order valence-electron chi connectivity index (χ0n) is 39.5. The fourth-order valence-corrected chi connectivity index (χ4v) is 7.39. The van der Waals surface area contributed by atoms with Crippen LogP contribution < -0.4 is 113 Å². The van der Waals surface area contributed by atoms with Crippen molar-refractivity contribution in [2.24, 2.45) is 11.8 Å². The molecular weight excluding hydrogens is 1120 g/mol. The average Bonchev–Trinajstić information content (AvgIpc) is 4.23. The van der Waals surface area contributed by atoms with Crippen molar-refractivity contribution in [3.63, 3.8) is 0 Å². The molecule has 3 amide bonds. The van der Waals surface area contributed by atoms with Crippen molar-refractivity contribution in [3.05, 3.63) is 123 Å². The predicted octanol–water partition coefficient (Wildman–Crippen LogP) is 2.46. The average molecular weight is 1160 g/mol. The van der Waals surface area contributed by atoms with Gasteiger partial charge < -0.3 is 21.4 Å². The molecule has 28 heteroatoms. The molecule has 0 bridgehead atoms. The Morgan fingerprint density at radius 3 is 1.79 bits per heavy atom. The number of ketones is 1. The van der Waals surface area contributed by atoms with Gasteiger partial charge >= 0.3 is 115 Å². The van der Waals surface area contributed by atoms with Crippen LogP contribution in [0.15, 0.2) is 73.1 Å². The van der Waals surface area contributed by atoms with Crippen LogP contribution in [-0.4, -0.2) is 81.4 Å². The number of carbonyl (C=O) groups is 5. The van der Waals surface area contributed by atoms with Gasteiger partial charge in [0.05, 0.1) is 47.9 Å². The maximum atomic E-state index is 14.3. The molecule has 0 radical (unpaired) electrons. The number of Topliss-reactive ketones (excluding diaryl/α,β-unsaturated/α-hetero) is 1. The van der Waals surface area contributed by atoms with E-state index < -0.39 is 90.3 Å². The Hall–Kier alpha value is -1.54. The van der Waals surface area contributed by atoms with E-state index in [4.69, 9.17) is 46.2 Å². The van der Waals surface area contributed by atoms with Gasteiger partial charge in [0.15, 0.2) is 17.4 Å². The van der Waals surface area contributed by atoms with E-state index in [1.165, 1.54) is 46.5 Å². The van der Waals surface area contributed by atoms with E-state index in [0.29, 0.717) is 24.0 Å². The van der Waals surface area contributed by atoms with Gasteiger partial charge in [-0.1, -0.05) is 47.5 Å². The molecule has 7 rings (SSSR count). The number of halogens is 12.